The maximum atomic E-state index is 10.8. The van der Waals surface area contributed by atoms with Crippen LogP contribution in [0.15, 0.2) is 18.2 Å². The normalized spacial score (nSPS) is 10.7. The minimum atomic E-state index is 0.226. The van der Waals surface area contributed by atoms with E-state index in [-0.39, 0.29) is 5.75 Å². The minimum absolute atomic E-state index is 0.226. The minimum Gasteiger partial charge on any atom is -0.508 e. The molecule has 0 unspecified atom stereocenters. The standard InChI is InChI=1S/C11H11NO2/c1-7-9-5-8(14)3-4-10(9)12(2)11(7)6-13/h3-6,14H,1-2H3. The van der Waals surface area contributed by atoms with Crippen LogP contribution in [0.4, 0.5) is 0 Å². The second-order valence-corrected chi connectivity index (χ2v) is 3.39. The number of hydrogen-bond acceptors (Lipinski definition) is 2. The number of phenolic OH excluding ortho intramolecular Hbond substituents is 1. The Hall–Kier alpha value is -1.77. The zero-order chi connectivity index (χ0) is 10.3. The van der Waals surface area contributed by atoms with Crippen molar-refractivity contribution in [2.45, 2.75) is 6.92 Å². The molecule has 2 aromatic rings. The van der Waals surface area contributed by atoms with Gasteiger partial charge in [0.1, 0.15) is 5.75 Å². The number of fused-ring (bicyclic) bond motifs is 1. The fourth-order valence-corrected chi connectivity index (χ4v) is 1.80. The summed E-state index contributed by atoms with van der Waals surface area (Å²) in [7, 11) is 1.84. The molecule has 0 saturated carbocycles. The number of aryl methyl sites for hydroxylation is 2. The first kappa shape index (κ1) is 8.81. The van der Waals surface area contributed by atoms with Gasteiger partial charge in [0.05, 0.1) is 5.69 Å². The first-order valence-electron chi connectivity index (χ1n) is 4.38. The number of aldehydes is 1. The van der Waals surface area contributed by atoms with Crippen LogP contribution < -0.4 is 0 Å². The monoisotopic (exact) mass is 189 g/mol. The number of benzene rings is 1. The molecule has 72 valence electrons. The zero-order valence-corrected chi connectivity index (χ0v) is 8.11. The molecule has 0 aliphatic rings. The molecule has 0 aliphatic heterocycles. The Morgan fingerprint density at radius 1 is 1.43 bits per heavy atom. The van der Waals surface area contributed by atoms with E-state index in [1.165, 1.54) is 0 Å². The Kier molecular flexibility index (Phi) is 1.81. The largest absolute Gasteiger partial charge is 0.508 e. The maximum absolute atomic E-state index is 10.8. The third-order valence-electron chi connectivity index (χ3n) is 2.60. The highest BCUT2D eigenvalue weighted by molar-refractivity contribution is 5.93. The average Bonchev–Trinajstić information content (AvgIpc) is 2.39. The lowest BCUT2D eigenvalue weighted by Crippen LogP contribution is -1.94. The summed E-state index contributed by atoms with van der Waals surface area (Å²) in [6.07, 6.45) is 0.840. The average molecular weight is 189 g/mol. The van der Waals surface area contributed by atoms with Gasteiger partial charge in [-0.15, -0.1) is 0 Å². The molecule has 0 fully saturated rings. The van der Waals surface area contributed by atoms with E-state index in [1.54, 1.807) is 12.1 Å². The van der Waals surface area contributed by atoms with Gasteiger partial charge in [-0.2, -0.15) is 0 Å². The van der Waals surface area contributed by atoms with E-state index in [0.717, 1.165) is 22.8 Å². The van der Waals surface area contributed by atoms with Gasteiger partial charge < -0.3 is 9.67 Å². The highest BCUT2D eigenvalue weighted by Gasteiger charge is 2.10. The van der Waals surface area contributed by atoms with Gasteiger partial charge in [-0.1, -0.05) is 0 Å². The predicted molar refractivity (Wildman–Crippen MR) is 54.7 cm³/mol. The molecule has 0 spiro atoms. The van der Waals surface area contributed by atoms with Crippen LogP contribution in [0.1, 0.15) is 16.1 Å². The number of rotatable bonds is 1. The van der Waals surface area contributed by atoms with Crippen LogP contribution in [0.5, 0.6) is 5.75 Å². The van der Waals surface area contributed by atoms with Gasteiger partial charge in [0, 0.05) is 18.0 Å². The number of carbonyl (C=O) groups is 1. The molecule has 1 aromatic carbocycles. The highest BCUT2D eigenvalue weighted by atomic mass is 16.3. The van der Waals surface area contributed by atoms with Gasteiger partial charge in [-0.05, 0) is 30.7 Å². The van der Waals surface area contributed by atoms with E-state index in [9.17, 15) is 9.90 Å². The van der Waals surface area contributed by atoms with E-state index >= 15 is 0 Å². The fourth-order valence-electron chi connectivity index (χ4n) is 1.80. The van der Waals surface area contributed by atoms with Gasteiger partial charge in [-0.25, -0.2) is 0 Å². The van der Waals surface area contributed by atoms with Gasteiger partial charge in [-0.3, -0.25) is 4.79 Å². The van der Waals surface area contributed by atoms with Crippen molar-refractivity contribution in [2.75, 3.05) is 0 Å². The van der Waals surface area contributed by atoms with E-state index in [1.807, 2.05) is 24.6 Å². The second kappa shape index (κ2) is 2.87. The smallest absolute Gasteiger partial charge is 0.166 e. The molecule has 0 radical (unpaired) electrons. The molecule has 1 heterocycles. The summed E-state index contributed by atoms with van der Waals surface area (Å²) in [5.41, 5.74) is 2.53. The molecule has 3 heteroatoms. The number of carbonyl (C=O) groups excluding carboxylic acids is 1. The predicted octanol–water partition coefficient (Wildman–Crippen LogP) is 2.00. The third-order valence-corrected chi connectivity index (χ3v) is 2.60. The van der Waals surface area contributed by atoms with Crippen molar-refractivity contribution in [3.63, 3.8) is 0 Å². The van der Waals surface area contributed by atoms with Gasteiger partial charge in [0.25, 0.3) is 0 Å². The van der Waals surface area contributed by atoms with Gasteiger partial charge >= 0.3 is 0 Å². The Morgan fingerprint density at radius 3 is 2.79 bits per heavy atom. The third kappa shape index (κ3) is 1.02. The van der Waals surface area contributed by atoms with Crippen LogP contribution in [-0.4, -0.2) is 16.0 Å². The lowest BCUT2D eigenvalue weighted by atomic mass is 10.1. The van der Waals surface area contributed by atoms with Crippen LogP contribution in [0.3, 0.4) is 0 Å². The Labute approximate surface area is 81.6 Å². The maximum Gasteiger partial charge on any atom is 0.166 e. The van der Waals surface area contributed by atoms with E-state index < -0.39 is 0 Å². The fraction of sp³-hybridized carbons (Fsp3) is 0.182. The van der Waals surface area contributed by atoms with Crippen molar-refractivity contribution in [3.8, 4) is 5.75 Å². The molecule has 2 rings (SSSR count). The first-order chi connectivity index (χ1) is 6.65. The summed E-state index contributed by atoms with van der Waals surface area (Å²) in [6.45, 7) is 1.88. The summed E-state index contributed by atoms with van der Waals surface area (Å²) in [5.74, 6) is 0.226. The Balaban J connectivity index is 2.94. The van der Waals surface area contributed by atoms with Crippen molar-refractivity contribution in [1.29, 1.82) is 0 Å². The van der Waals surface area contributed by atoms with Crippen molar-refractivity contribution >= 4 is 17.2 Å². The van der Waals surface area contributed by atoms with E-state index in [0.29, 0.717) is 5.69 Å². The molecule has 0 amide bonds. The summed E-state index contributed by atoms with van der Waals surface area (Å²) in [6, 6.07) is 5.11. The highest BCUT2D eigenvalue weighted by Crippen LogP contribution is 2.26. The molecule has 1 N–H and O–H groups in total. The molecule has 0 aliphatic carbocycles. The first-order valence-corrected chi connectivity index (χ1v) is 4.38. The Bertz CT molecular complexity index is 511. The zero-order valence-electron chi connectivity index (χ0n) is 8.11. The number of nitrogens with zero attached hydrogens (tertiary/aromatic N) is 1. The van der Waals surface area contributed by atoms with Crippen LogP contribution in [0.25, 0.3) is 10.9 Å². The molecule has 0 atom stereocenters. The van der Waals surface area contributed by atoms with E-state index in [4.69, 9.17) is 0 Å². The summed E-state index contributed by atoms with van der Waals surface area (Å²) in [4.78, 5) is 10.8. The van der Waals surface area contributed by atoms with Crippen LogP contribution in [0.2, 0.25) is 0 Å². The van der Waals surface area contributed by atoms with Crippen LogP contribution >= 0.6 is 0 Å². The molecule has 1 aromatic heterocycles. The van der Waals surface area contributed by atoms with Crippen LogP contribution in [0, 0.1) is 6.92 Å². The lowest BCUT2D eigenvalue weighted by molar-refractivity contribution is 0.111. The molecule has 3 nitrogen and oxygen atoms in total. The SMILES string of the molecule is Cc1c(C=O)n(C)c2ccc(O)cc12. The molecular weight excluding hydrogens is 178 g/mol. The van der Waals surface area contributed by atoms with E-state index in [2.05, 4.69) is 0 Å². The Morgan fingerprint density at radius 2 is 2.14 bits per heavy atom. The van der Waals surface area contributed by atoms with Crippen molar-refractivity contribution in [3.05, 3.63) is 29.5 Å². The molecule has 0 bridgehead atoms. The van der Waals surface area contributed by atoms with Gasteiger partial charge in [0.15, 0.2) is 6.29 Å². The van der Waals surface area contributed by atoms with Crippen molar-refractivity contribution in [1.82, 2.24) is 4.57 Å². The topological polar surface area (TPSA) is 42.2 Å². The lowest BCUT2D eigenvalue weighted by Gasteiger charge is -1.97. The quantitative estimate of drug-likeness (QED) is 0.697. The number of hydrogen-bond donors (Lipinski definition) is 1. The molecular formula is C11H11NO2. The summed E-state index contributed by atoms with van der Waals surface area (Å²) < 4.78 is 1.83. The van der Waals surface area contributed by atoms with Crippen LogP contribution in [-0.2, 0) is 7.05 Å². The summed E-state index contributed by atoms with van der Waals surface area (Å²) in [5, 5.41) is 10.3. The number of aromatic nitrogens is 1. The van der Waals surface area contributed by atoms with Crippen molar-refractivity contribution < 1.29 is 9.90 Å². The van der Waals surface area contributed by atoms with Gasteiger partial charge in [0.2, 0.25) is 0 Å². The van der Waals surface area contributed by atoms with Crippen molar-refractivity contribution in [2.24, 2.45) is 7.05 Å². The second-order valence-electron chi connectivity index (χ2n) is 3.39. The molecule has 14 heavy (non-hydrogen) atoms. The summed E-state index contributed by atoms with van der Waals surface area (Å²) >= 11 is 0. The number of phenols is 1. The molecule has 0 saturated heterocycles. The number of aromatic hydroxyl groups is 1.